The zero-order valence-electron chi connectivity index (χ0n) is 17.1. The van der Waals surface area contributed by atoms with Gasteiger partial charge in [0.2, 0.25) is 0 Å². The zero-order chi connectivity index (χ0) is 23.4. The molecule has 2 aromatic rings. The number of rotatable bonds is 3. The summed E-state index contributed by atoms with van der Waals surface area (Å²) in [4.78, 5) is 14.8. The van der Waals surface area contributed by atoms with Crippen LogP contribution in [0.25, 0.3) is 0 Å². The highest BCUT2D eigenvalue weighted by Crippen LogP contribution is 2.59. The van der Waals surface area contributed by atoms with E-state index in [1.54, 1.807) is 6.92 Å². The Morgan fingerprint density at radius 2 is 1.77 bits per heavy atom. The van der Waals surface area contributed by atoms with Crippen LogP contribution in [0.5, 0.6) is 5.75 Å². The molecule has 0 aliphatic carbocycles. The highest BCUT2D eigenvalue weighted by Gasteiger charge is 2.65. The number of aryl methyl sites for hydroxylation is 1. The Morgan fingerprint density at radius 1 is 1.13 bits per heavy atom. The van der Waals surface area contributed by atoms with Crippen molar-refractivity contribution >= 4 is 0 Å². The summed E-state index contributed by atoms with van der Waals surface area (Å²) in [5, 5.41) is 0. The molecule has 1 aromatic carbocycles. The predicted molar refractivity (Wildman–Crippen MR) is 100.0 cm³/mol. The van der Waals surface area contributed by atoms with Crippen molar-refractivity contribution in [3.63, 3.8) is 0 Å². The number of hydrogen-bond acceptors (Lipinski definition) is 3. The van der Waals surface area contributed by atoms with Crippen LogP contribution in [0.2, 0.25) is 0 Å². The third kappa shape index (κ3) is 3.93. The average molecular weight is 449 g/mol. The highest BCUT2D eigenvalue weighted by atomic mass is 19.4. The summed E-state index contributed by atoms with van der Waals surface area (Å²) in [7, 11) is 1.03. The first-order valence-corrected chi connectivity index (χ1v) is 9.40. The molecule has 1 aliphatic rings. The first-order chi connectivity index (χ1) is 14.2. The van der Waals surface area contributed by atoms with Crippen LogP contribution in [-0.2, 0) is 10.9 Å². The average Bonchev–Trinajstić information content (AvgIpc) is 2.92. The Bertz CT molecular complexity index is 1030. The molecule has 1 aliphatic heterocycles. The third-order valence-electron chi connectivity index (χ3n) is 5.89. The van der Waals surface area contributed by atoms with Crippen molar-refractivity contribution in [2.24, 2.45) is 5.92 Å². The number of benzene rings is 1. The summed E-state index contributed by atoms with van der Waals surface area (Å²) in [6, 6.07) is 5.56. The normalized spacial score (nSPS) is 26.8. The van der Waals surface area contributed by atoms with E-state index < -0.39 is 52.6 Å². The zero-order valence-corrected chi connectivity index (χ0v) is 17.1. The molecule has 1 aromatic heterocycles. The van der Waals surface area contributed by atoms with E-state index in [-0.39, 0.29) is 11.3 Å². The minimum atomic E-state index is -4.81. The SMILES string of the molecule is COc1c([C@@H]2[C@@H](c3cc(=O)cc(C)[nH]3)O[C@](C)(C(F)(F)F)[C@@H]2C)cccc1C(F)(F)F. The lowest BCUT2D eigenvalue weighted by molar-refractivity contribution is -0.275. The van der Waals surface area contributed by atoms with E-state index in [0.29, 0.717) is 5.69 Å². The Labute approximate surface area is 174 Å². The van der Waals surface area contributed by atoms with Gasteiger partial charge in [-0.15, -0.1) is 0 Å². The van der Waals surface area contributed by atoms with Gasteiger partial charge in [0.25, 0.3) is 0 Å². The first-order valence-electron chi connectivity index (χ1n) is 9.40. The van der Waals surface area contributed by atoms with Crippen molar-refractivity contribution in [2.75, 3.05) is 7.11 Å². The van der Waals surface area contributed by atoms with Gasteiger partial charge in [-0.25, -0.2) is 0 Å². The van der Waals surface area contributed by atoms with E-state index in [1.165, 1.54) is 19.1 Å². The number of hydrogen-bond donors (Lipinski definition) is 1. The molecule has 0 amide bonds. The number of para-hydroxylation sites is 1. The molecule has 10 heteroatoms. The molecule has 1 saturated heterocycles. The minimum Gasteiger partial charge on any atom is -0.496 e. The van der Waals surface area contributed by atoms with Crippen molar-refractivity contribution < 1.29 is 35.8 Å². The van der Waals surface area contributed by atoms with Gasteiger partial charge in [0.05, 0.1) is 12.7 Å². The van der Waals surface area contributed by atoms with Crippen LogP contribution in [0.3, 0.4) is 0 Å². The Hall–Kier alpha value is -2.49. The second-order valence-corrected chi connectivity index (χ2v) is 7.84. The molecule has 0 bridgehead atoms. The number of pyridine rings is 1. The molecular weight excluding hydrogens is 428 g/mol. The summed E-state index contributed by atoms with van der Waals surface area (Å²) in [5.74, 6) is -3.04. The molecule has 2 heterocycles. The van der Waals surface area contributed by atoms with Crippen LogP contribution in [0.1, 0.15) is 48.4 Å². The van der Waals surface area contributed by atoms with Gasteiger partial charge in [-0.1, -0.05) is 19.1 Å². The van der Waals surface area contributed by atoms with Gasteiger partial charge in [-0.3, -0.25) is 4.79 Å². The van der Waals surface area contributed by atoms with Crippen molar-refractivity contribution in [1.29, 1.82) is 0 Å². The van der Waals surface area contributed by atoms with Crippen LogP contribution < -0.4 is 10.2 Å². The monoisotopic (exact) mass is 449 g/mol. The second kappa shape index (κ2) is 7.58. The molecule has 0 saturated carbocycles. The van der Waals surface area contributed by atoms with Gasteiger partial charge >= 0.3 is 12.4 Å². The number of alkyl halides is 6. The van der Waals surface area contributed by atoms with E-state index in [1.807, 2.05) is 0 Å². The molecule has 4 atom stereocenters. The Balaban J connectivity index is 2.28. The summed E-state index contributed by atoms with van der Waals surface area (Å²) >= 11 is 0. The first kappa shape index (κ1) is 23.2. The van der Waals surface area contributed by atoms with Gasteiger partial charge in [0.1, 0.15) is 11.9 Å². The quantitative estimate of drug-likeness (QED) is 0.628. The number of ether oxygens (including phenoxy) is 2. The van der Waals surface area contributed by atoms with E-state index in [2.05, 4.69) is 4.98 Å². The van der Waals surface area contributed by atoms with E-state index in [9.17, 15) is 31.1 Å². The Morgan fingerprint density at radius 3 is 2.29 bits per heavy atom. The third-order valence-corrected chi connectivity index (χ3v) is 5.89. The maximum atomic E-state index is 14.0. The maximum Gasteiger partial charge on any atom is 0.419 e. The maximum absolute atomic E-state index is 14.0. The van der Waals surface area contributed by atoms with Crippen LogP contribution in [0, 0.1) is 12.8 Å². The van der Waals surface area contributed by atoms with Crippen LogP contribution >= 0.6 is 0 Å². The summed E-state index contributed by atoms with van der Waals surface area (Å²) in [5.41, 5.74) is -3.87. The summed E-state index contributed by atoms with van der Waals surface area (Å²) < 4.78 is 93.0. The lowest BCUT2D eigenvalue weighted by atomic mass is 9.76. The lowest BCUT2D eigenvalue weighted by Crippen LogP contribution is -2.46. The fraction of sp³-hybridized carbons (Fsp3) is 0.476. The number of H-pyrrole nitrogens is 1. The van der Waals surface area contributed by atoms with Crippen LogP contribution in [0.15, 0.2) is 35.1 Å². The molecule has 0 radical (unpaired) electrons. The van der Waals surface area contributed by atoms with Crippen molar-refractivity contribution in [3.8, 4) is 5.75 Å². The topological polar surface area (TPSA) is 51.3 Å². The fourth-order valence-corrected chi connectivity index (χ4v) is 4.19. The molecule has 1 N–H and O–H groups in total. The van der Waals surface area contributed by atoms with Crippen molar-refractivity contribution in [2.45, 2.75) is 50.7 Å². The standard InChI is InChI=1S/C21H21F6NO3/c1-10-8-12(29)9-15(28-10)18-16(11(2)19(3,31-18)21(25,26)27)13-6-5-7-14(17(13)30-4)20(22,23)24/h5-9,11,16,18H,1-4H3,(H,28,29)/t11-,16-,18-,19+/m1/s1. The fourth-order valence-electron chi connectivity index (χ4n) is 4.19. The van der Waals surface area contributed by atoms with Crippen LogP contribution in [0.4, 0.5) is 26.3 Å². The summed E-state index contributed by atoms with van der Waals surface area (Å²) in [6.07, 6.45) is -10.9. The van der Waals surface area contributed by atoms with Crippen LogP contribution in [-0.4, -0.2) is 23.9 Å². The van der Waals surface area contributed by atoms with Crippen molar-refractivity contribution in [3.05, 3.63) is 63.1 Å². The van der Waals surface area contributed by atoms with Gasteiger partial charge in [-0.2, -0.15) is 26.3 Å². The number of halogens is 6. The van der Waals surface area contributed by atoms with E-state index in [0.717, 1.165) is 32.2 Å². The summed E-state index contributed by atoms with van der Waals surface area (Å²) in [6.45, 7) is 3.68. The van der Waals surface area contributed by atoms with Gasteiger partial charge in [0.15, 0.2) is 11.0 Å². The molecule has 31 heavy (non-hydrogen) atoms. The van der Waals surface area contributed by atoms with E-state index >= 15 is 0 Å². The number of aromatic amines is 1. The molecular formula is C21H21F6NO3. The number of nitrogens with one attached hydrogen (secondary N) is 1. The minimum absolute atomic E-state index is 0.0503. The van der Waals surface area contributed by atoms with Gasteiger partial charge in [-0.05, 0) is 19.9 Å². The molecule has 1 fully saturated rings. The Kier molecular flexibility index (Phi) is 5.67. The smallest absolute Gasteiger partial charge is 0.419 e. The molecule has 4 nitrogen and oxygen atoms in total. The molecule has 0 unspecified atom stereocenters. The van der Waals surface area contributed by atoms with Gasteiger partial charge < -0.3 is 14.5 Å². The molecule has 0 spiro atoms. The largest absolute Gasteiger partial charge is 0.496 e. The number of methoxy groups -OCH3 is 1. The molecule has 3 rings (SSSR count). The highest BCUT2D eigenvalue weighted by molar-refractivity contribution is 5.47. The molecule has 170 valence electrons. The number of aromatic nitrogens is 1. The second-order valence-electron chi connectivity index (χ2n) is 7.84. The predicted octanol–water partition coefficient (Wildman–Crippen LogP) is 5.52. The lowest BCUT2D eigenvalue weighted by Gasteiger charge is -2.32. The van der Waals surface area contributed by atoms with Crippen molar-refractivity contribution in [1.82, 2.24) is 4.98 Å². The van der Waals surface area contributed by atoms with Gasteiger partial charge in [0, 0.05) is 40.9 Å². The van der Waals surface area contributed by atoms with E-state index in [4.69, 9.17) is 9.47 Å².